The number of fused-ring (bicyclic) bond motifs is 1. The molecule has 2 aliphatic rings. The second-order valence-electron chi connectivity index (χ2n) is 7.44. The topological polar surface area (TPSA) is 60.5 Å². The molecule has 0 radical (unpaired) electrons. The van der Waals surface area contributed by atoms with Crippen LogP contribution in [0.1, 0.15) is 28.4 Å². The number of rotatable bonds is 2. The molecule has 4 heterocycles. The molecule has 6 heteroatoms. The molecule has 1 fully saturated rings. The summed E-state index contributed by atoms with van der Waals surface area (Å²) in [5, 5.41) is 0. The molecule has 6 nitrogen and oxygen atoms in total. The fourth-order valence-corrected chi connectivity index (χ4v) is 4.11. The van der Waals surface area contributed by atoms with Crippen molar-refractivity contribution in [1.82, 2.24) is 14.5 Å². The highest BCUT2D eigenvalue weighted by Crippen LogP contribution is 2.35. The Hall–Kier alpha value is -2.86. The van der Waals surface area contributed by atoms with Crippen molar-refractivity contribution < 1.29 is 13.9 Å². The molecule has 1 atom stereocenters. The molecule has 2 aliphatic heterocycles. The molecular formula is C21H21N3O3. The molecule has 2 aromatic heterocycles. The first-order valence-electron chi connectivity index (χ1n) is 9.22. The van der Waals surface area contributed by atoms with Gasteiger partial charge in [-0.25, -0.2) is 4.98 Å². The molecule has 0 aliphatic carbocycles. The van der Waals surface area contributed by atoms with E-state index < -0.39 is 0 Å². The van der Waals surface area contributed by atoms with Gasteiger partial charge in [0.2, 0.25) is 0 Å². The highest BCUT2D eigenvalue weighted by molar-refractivity contribution is 5.91. The van der Waals surface area contributed by atoms with Crippen LogP contribution in [0.25, 0.3) is 11.3 Å². The third-order valence-corrected chi connectivity index (χ3v) is 5.54. The minimum Gasteiger partial charge on any atom is -0.459 e. The number of hydrogen-bond acceptors (Lipinski definition) is 4. The molecule has 0 N–H and O–H groups in total. The van der Waals surface area contributed by atoms with Gasteiger partial charge in [0.25, 0.3) is 5.91 Å². The fraction of sp³-hybridized carbons (Fsp3) is 0.333. The Labute approximate surface area is 157 Å². The number of imidazole rings is 1. The fourth-order valence-electron chi connectivity index (χ4n) is 4.11. The van der Waals surface area contributed by atoms with Crippen molar-refractivity contribution in [2.45, 2.75) is 32.1 Å². The molecule has 27 heavy (non-hydrogen) atoms. The van der Waals surface area contributed by atoms with E-state index in [0.717, 1.165) is 23.5 Å². The SMILES string of the molecule is Cc1cccc(-c2cnc3n2CC2(CCN(C(=O)c4ccco4)C2)OC3)c1. The van der Waals surface area contributed by atoms with Crippen LogP contribution in [0.2, 0.25) is 0 Å². The normalized spacial score (nSPS) is 21.6. The number of aromatic nitrogens is 2. The van der Waals surface area contributed by atoms with E-state index in [9.17, 15) is 4.79 Å². The smallest absolute Gasteiger partial charge is 0.289 e. The molecule has 1 spiro atoms. The first-order chi connectivity index (χ1) is 13.1. The first kappa shape index (κ1) is 16.3. The molecule has 1 saturated heterocycles. The third kappa shape index (κ3) is 2.77. The number of hydrogen-bond donors (Lipinski definition) is 0. The van der Waals surface area contributed by atoms with Gasteiger partial charge in [-0.1, -0.05) is 23.8 Å². The van der Waals surface area contributed by atoms with Gasteiger partial charge in [-0.15, -0.1) is 0 Å². The van der Waals surface area contributed by atoms with Crippen molar-refractivity contribution in [2.75, 3.05) is 13.1 Å². The van der Waals surface area contributed by atoms with Gasteiger partial charge in [0.1, 0.15) is 18.0 Å². The number of likely N-dealkylation sites (tertiary alicyclic amines) is 1. The number of aryl methyl sites for hydroxylation is 1. The number of amides is 1. The lowest BCUT2D eigenvalue weighted by Gasteiger charge is -2.35. The third-order valence-electron chi connectivity index (χ3n) is 5.54. The van der Waals surface area contributed by atoms with Crippen molar-refractivity contribution in [2.24, 2.45) is 0 Å². The van der Waals surface area contributed by atoms with Crippen LogP contribution >= 0.6 is 0 Å². The van der Waals surface area contributed by atoms with Crippen molar-refractivity contribution in [1.29, 1.82) is 0 Å². The quantitative estimate of drug-likeness (QED) is 0.701. The summed E-state index contributed by atoms with van der Waals surface area (Å²) in [6.45, 7) is 4.50. The average molecular weight is 363 g/mol. The Morgan fingerprint density at radius 3 is 2.96 bits per heavy atom. The van der Waals surface area contributed by atoms with E-state index in [-0.39, 0.29) is 11.5 Å². The lowest BCUT2D eigenvalue weighted by atomic mass is 10.0. The van der Waals surface area contributed by atoms with Gasteiger partial charge < -0.3 is 18.6 Å². The maximum absolute atomic E-state index is 12.6. The van der Waals surface area contributed by atoms with E-state index in [0.29, 0.717) is 32.0 Å². The summed E-state index contributed by atoms with van der Waals surface area (Å²) < 4.78 is 13.7. The maximum atomic E-state index is 12.6. The number of benzene rings is 1. The zero-order valence-electron chi connectivity index (χ0n) is 15.2. The second-order valence-corrected chi connectivity index (χ2v) is 7.44. The molecule has 1 aromatic carbocycles. The molecule has 3 aromatic rings. The van der Waals surface area contributed by atoms with Crippen LogP contribution in [0.4, 0.5) is 0 Å². The van der Waals surface area contributed by atoms with E-state index >= 15 is 0 Å². The summed E-state index contributed by atoms with van der Waals surface area (Å²) in [7, 11) is 0. The standard InChI is InChI=1S/C21H21N3O3/c1-15-4-2-5-16(10-15)17-11-22-19-12-27-21(14-24(17)19)7-8-23(13-21)20(25)18-6-3-9-26-18/h2-6,9-11H,7-8,12-14H2,1H3. The molecule has 1 unspecified atom stereocenters. The van der Waals surface area contributed by atoms with Gasteiger partial charge in [-0.3, -0.25) is 4.79 Å². The number of nitrogens with zero attached hydrogens (tertiary/aromatic N) is 3. The Balaban J connectivity index is 1.41. The molecule has 1 amide bonds. The molecular weight excluding hydrogens is 342 g/mol. The Morgan fingerprint density at radius 1 is 1.22 bits per heavy atom. The highest BCUT2D eigenvalue weighted by atomic mass is 16.5. The van der Waals surface area contributed by atoms with E-state index in [1.165, 1.54) is 11.8 Å². The van der Waals surface area contributed by atoms with Crippen LogP contribution in [0.5, 0.6) is 0 Å². The molecule has 0 bridgehead atoms. The van der Waals surface area contributed by atoms with Crippen LogP contribution in [0.15, 0.2) is 53.3 Å². The first-order valence-corrected chi connectivity index (χ1v) is 9.22. The van der Waals surface area contributed by atoms with E-state index in [1.54, 1.807) is 12.1 Å². The largest absolute Gasteiger partial charge is 0.459 e. The summed E-state index contributed by atoms with van der Waals surface area (Å²) in [5.74, 6) is 1.25. The second kappa shape index (κ2) is 6.09. The summed E-state index contributed by atoms with van der Waals surface area (Å²) >= 11 is 0. The van der Waals surface area contributed by atoms with E-state index in [2.05, 4.69) is 40.7 Å². The van der Waals surface area contributed by atoms with Crippen LogP contribution < -0.4 is 0 Å². The Morgan fingerprint density at radius 2 is 2.15 bits per heavy atom. The zero-order valence-corrected chi connectivity index (χ0v) is 15.2. The number of ether oxygens (including phenoxy) is 1. The molecule has 5 rings (SSSR count). The maximum Gasteiger partial charge on any atom is 0.289 e. The van der Waals surface area contributed by atoms with Gasteiger partial charge in [0.15, 0.2) is 5.76 Å². The highest BCUT2D eigenvalue weighted by Gasteiger charge is 2.45. The molecule has 0 saturated carbocycles. The lowest BCUT2D eigenvalue weighted by Crippen LogP contribution is -2.45. The Kier molecular flexibility index (Phi) is 3.68. The summed E-state index contributed by atoms with van der Waals surface area (Å²) in [6, 6.07) is 11.9. The average Bonchev–Trinajstić information content (AvgIpc) is 3.41. The van der Waals surface area contributed by atoms with Crippen LogP contribution in [-0.2, 0) is 17.9 Å². The van der Waals surface area contributed by atoms with Gasteiger partial charge in [-0.2, -0.15) is 0 Å². The number of furan rings is 1. The lowest BCUT2D eigenvalue weighted by molar-refractivity contribution is -0.0805. The van der Waals surface area contributed by atoms with Crippen molar-refractivity contribution in [3.63, 3.8) is 0 Å². The van der Waals surface area contributed by atoms with Crippen molar-refractivity contribution >= 4 is 5.91 Å². The predicted octanol–water partition coefficient (Wildman–Crippen LogP) is 3.27. The molecule has 138 valence electrons. The van der Waals surface area contributed by atoms with E-state index in [1.807, 2.05) is 11.1 Å². The predicted molar refractivity (Wildman–Crippen MR) is 99.1 cm³/mol. The zero-order chi connectivity index (χ0) is 18.4. The van der Waals surface area contributed by atoms with E-state index in [4.69, 9.17) is 9.15 Å². The van der Waals surface area contributed by atoms with Gasteiger partial charge >= 0.3 is 0 Å². The monoisotopic (exact) mass is 363 g/mol. The summed E-state index contributed by atoms with van der Waals surface area (Å²) in [5.41, 5.74) is 3.12. The van der Waals surface area contributed by atoms with Gasteiger partial charge in [0, 0.05) is 12.1 Å². The minimum atomic E-state index is -0.367. The summed E-state index contributed by atoms with van der Waals surface area (Å²) in [6.07, 6.45) is 4.26. The summed E-state index contributed by atoms with van der Waals surface area (Å²) in [4.78, 5) is 19.0. The number of carbonyl (C=O) groups is 1. The minimum absolute atomic E-state index is 0.0733. The van der Waals surface area contributed by atoms with Crippen LogP contribution in [0, 0.1) is 6.92 Å². The Bertz CT molecular complexity index is 992. The van der Waals surface area contributed by atoms with Gasteiger partial charge in [-0.05, 0) is 31.5 Å². The van der Waals surface area contributed by atoms with Crippen molar-refractivity contribution in [3.05, 3.63) is 66.0 Å². The van der Waals surface area contributed by atoms with Crippen molar-refractivity contribution in [3.8, 4) is 11.3 Å². The number of carbonyl (C=O) groups excluding carboxylic acids is 1. The van der Waals surface area contributed by atoms with Gasteiger partial charge in [0.05, 0.1) is 31.2 Å². The van der Waals surface area contributed by atoms with Crippen LogP contribution in [0.3, 0.4) is 0 Å². The van der Waals surface area contributed by atoms with Crippen LogP contribution in [-0.4, -0.2) is 39.0 Å².